The molecule has 0 saturated carbocycles. The van der Waals surface area contributed by atoms with E-state index in [9.17, 15) is 14.3 Å². The standard InChI is InChI=1S/C16H15Cl2FN2O3/c1-6(2)9-12(20)10(18)14(16(22)23)21-13(9)7-4-5-8(17)15(24-3)11(7)19/h4-6H,1-3H3,(H2,20,21)(H,22,23). The number of nitrogens with two attached hydrogens (primary N) is 1. The molecule has 0 amide bonds. The monoisotopic (exact) mass is 372 g/mol. The second-order valence-electron chi connectivity index (χ2n) is 5.35. The first-order chi connectivity index (χ1) is 11.2. The first-order valence-electron chi connectivity index (χ1n) is 6.95. The quantitative estimate of drug-likeness (QED) is 0.818. The van der Waals surface area contributed by atoms with Gasteiger partial charge in [-0.25, -0.2) is 14.2 Å². The summed E-state index contributed by atoms with van der Waals surface area (Å²) in [4.78, 5) is 15.4. The van der Waals surface area contributed by atoms with Gasteiger partial charge in [0.05, 0.1) is 28.5 Å². The van der Waals surface area contributed by atoms with Gasteiger partial charge in [0.25, 0.3) is 0 Å². The lowest BCUT2D eigenvalue weighted by atomic mass is 9.94. The molecule has 0 aliphatic rings. The SMILES string of the molecule is COc1c(Cl)ccc(-c2nc(C(=O)O)c(Cl)c(N)c2C(C)C)c1F. The van der Waals surface area contributed by atoms with Crippen LogP contribution in [0.5, 0.6) is 5.75 Å². The Morgan fingerprint density at radius 1 is 1.38 bits per heavy atom. The van der Waals surface area contributed by atoms with E-state index in [4.69, 9.17) is 33.7 Å². The van der Waals surface area contributed by atoms with Crippen molar-refractivity contribution in [1.82, 2.24) is 4.98 Å². The predicted octanol–water partition coefficient (Wildman–Crippen LogP) is 4.61. The molecular weight excluding hydrogens is 358 g/mol. The van der Waals surface area contributed by atoms with Crippen LogP contribution in [0, 0.1) is 5.82 Å². The Morgan fingerprint density at radius 2 is 2.00 bits per heavy atom. The largest absolute Gasteiger partial charge is 0.492 e. The average Bonchev–Trinajstić information content (AvgIpc) is 2.49. The maximum Gasteiger partial charge on any atom is 0.356 e. The molecule has 5 nitrogen and oxygen atoms in total. The Kier molecular flexibility index (Phi) is 5.20. The summed E-state index contributed by atoms with van der Waals surface area (Å²) in [6.45, 7) is 3.64. The van der Waals surface area contributed by atoms with Crippen LogP contribution in [0.1, 0.15) is 35.8 Å². The number of aromatic nitrogens is 1. The molecule has 1 heterocycles. The number of anilines is 1. The molecule has 0 atom stereocenters. The summed E-state index contributed by atoms with van der Waals surface area (Å²) < 4.78 is 19.7. The van der Waals surface area contributed by atoms with Crippen LogP contribution in [0.3, 0.4) is 0 Å². The number of nitrogen functional groups attached to an aromatic ring is 1. The fourth-order valence-electron chi connectivity index (χ4n) is 2.43. The number of hydrogen-bond donors (Lipinski definition) is 2. The number of pyridine rings is 1. The maximum atomic E-state index is 14.8. The number of carbonyl (C=O) groups is 1. The van der Waals surface area contributed by atoms with E-state index in [0.717, 1.165) is 0 Å². The minimum Gasteiger partial charge on any atom is -0.492 e. The van der Waals surface area contributed by atoms with Gasteiger partial charge in [0.2, 0.25) is 0 Å². The topological polar surface area (TPSA) is 85.4 Å². The van der Waals surface area contributed by atoms with Crippen molar-refractivity contribution in [1.29, 1.82) is 0 Å². The third kappa shape index (κ3) is 2.99. The Morgan fingerprint density at radius 3 is 2.50 bits per heavy atom. The summed E-state index contributed by atoms with van der Waals surface area (Å²) in [5, 5.41) is 9.18. The predicted molar refractivity (Wildman–Crippen MR) is 91.7 cm³/mol. The second kappa shape index (κ2) is 6.83. The number of rotatable bonds is 4. The first kappa shape index (κ1) is 18.3. The van der Waals surface area contributed by atoms with Crippen molar-refractivity contribution in [3.05, 3.63) is 39.3 Å². The second-order valence-corrected chi connectivity index (χ2v) is 6.14. The highest BCUT2D eigenvalue weighted by Crippen LogP contribution is 2.41. The Labute approximate surface area is 148 Å². The van der Waals surface area contributed by atoms with Crippen molar-refractivity contribution in [3.8, 4) is 17.0 Å². The Balaban J connectivity index is 2.91. The summed E-state index contributed by atoms with van der Waals surface area (Å²) in [6, 6.07) is 2.84. The summed E-state index contributed by atoms with van der Waals surface area (Å²) in [7, 11) is 1.28. The lowest BCUT2D eigenvalue weighted by Gasteiger charge is -2.18. The van der Waals surface area contributed by atoms with Crippen LogP contribution < -0.4 is 10.5 Å². The maximum absolute atomic E-state index is 14.8. The van der Waals surface area contributed by atoms with Gasteiger partial charge >= 0.3 is 5.97 Å². The Bertz CT molecular complexity index is 826. The van der Waals surface area contributed by atoms with Crippen LogP contribution in [-0.4, -0.2) is 23.2 Å². The van der Waals surface area contributed by atoms with Gasteiger partial charge in [0.1, 0.15) is 0 Å². The molecule has 0 saturated heterocycles. The number of methoxy groups -OCH3 is 1. The van der Waals surface area contributed by atoms with Crippen LogP contribution in [0.2, 0.25) is 10.0 Å². The molecular formula is C16H15Cl2FN2O3. The molecule has 3 N–H and O–H groups in total. The van der Waals surface area contributed by atoms with Crippen molar-refractivity contribution in [3.63, 3.8) is 0 Å². The van der Waals surface area contributed by atoms with Gasteiger partial charge in [-0.3, -0.25) is 0 Å². The lowest BCUT2D eigenvalue weighted by molar-refractivity contribution is 0.0691. The molecule has 0 unspecified atom stereocenters. The number of benzene rings is 1. The summed E-state index contributed by atoms with van der Waals surface area (Å²) in [5.74, 6) is -2.44. The fourth-order valence-corrected chi connectivity index (χ4v) is 2.88. The minimum atomic E-state index is -1.36. The zero-order valence-corrected chi connectivity index (χ0v) is 14.7. The minimum absolute atomic E-state index is 0.0332. The normalized spacial score (nSPS) is 11.0. The number of hydrogen-bond acceptors (Lipinski definition) is 4. The molecule has 24 heavy (non-hydrogen) atoms. The van der Waals surface area contributed by atoms with E-state index in [1.807, 2.05) is 13.8 Å². The fraction of sp³-hybridized carbons (Fsp3) is 0.250. The van der Waals surface area contributed by atoms with Crippen molar-refractivity contribution >= 4 is 34.9 Å². The molecule has 0 bridgehead atoms. The average molecular weight is 373 g/mol. The number of carboxylic acid groups (broad SMARTS) is 1. The van der Waals surface area contributed by atoms with Gasteiger partial charge in [-0.1, -0.05) is 37.0 Å². The Hall–Kier alpha value is -2.05. The summed E-state index contributed by atoms with van der Waals surface area (Å²) >= 11 is 11.9. The number of carboxylic acids is 1. The van der Waals surface area contributed by atoms with Crippen molar-refractivity contribution in [2.75, 3.05) is 12.8 Å². The third-order valence-electron chi connectivity index (χ3n) is 3.50. The molecule has 0 aliphatic heterocycles. The summed E-state index contributed by atoms with van der Waals surface area (Å²) in [6.07, 6.45) is 0. The van der Waals surface area contributed by atoms with Crippen LogP contribution in [-0.2, 0) is 0 Å². The van der Waals surface area contributed by atoms with Gasteiger partial charge in [0, 0.05) is 11.1 Å². The van der Waals surface area contributed by atoms with Gasteiger partial charge in [-0.15, -0.1) is 0 Å². The van der Waals surface area contributed by atoms with Gasteiger partial charge in [0.15, 0.2) is 17.3 Å². The molecule has 1 aromatic heterocycles. The van der Waals surface area contributed by atoms with E-state index in [1.165, 1.54) is 19.2 Å². The lowest BCUT2D eigenvalue weighted by Crippen LogP contribution is -2.11. The molecule has 0 radical (unpaired) electrons. The van der Waals surface area contributed by atoms with Crippen molar-refractivity contribution in [2.24, 2.45) is 0 Å². The zero-order valence-electron chi connectivity index (χ0n) is 13.2. The number of ether oxygens (including phenoxy) is 1. The van der Waals surface area contributed by atoms with Crippen LogP contribution in [0.15, 0.2) is 12.1 Å². The summed E-state index contributed by atoms with van der Waals surface area (Å²) in [5.41, 5.74) is 6.19. The first-order valence-corrected chi connectivity index (χ1v) is 7.70. The highest BCUT2D eigenvalue weighted by atomic mass is 35.5. The zero-order chi connectivity index (χ0) is 18.2. The van der Waals surface area contributed by atoms with Crippen molar-refractivity contribution < 1.29 is 19.0 Å². The van der Waals surface area contributed by atoms with E-state index < -0.39 is 17.5 Å². The number of aromatic carboxylic acids is 1. The molecule has 2 rings (SSSR count). The van der Waals surface area contributed by atoms with Gasteiger partial charge in [-0.05, 0) is 18.1 Å². The molecule has 2 aromatic rings. The molecule has 8 heteroatoms. The van der Waals surface area contributed by atoms with Crippen LogP contribution in [0.25, 0.3) is 11.3 Å². The molecule has 0 fully saturated rings. The van der Waals surface area contributed by atoms with Gasteiger partial charge < -0.3 is 15.6 Å². The molecule has 128 valence electrons. The van der Waals surface area contributed by atoms with E-state index >= 15 is 0 Å². The van der Waals surface area contributed by atoms with Gasteiger partial charge in [-0.2, -0.15) is 0 Å². The molecule has 0 aliphatic carbocycles. The van der Waals surface area contributed by atoms with Crippen LogP contribution >= 0.6 is 23.2 Å². The van der Waals surface area contributed by atoms with E-state index in [0.29, 0.717) is 5.56 Å². The van der Waals surface area contributed by atoms with Crippen LogP contribution in [0.4, 0.5) is 10.1 Å². The van der Waals surface area contributed by atoms with Crippen molar-refractivity contribution in [2.45, 2.75) is 19.8 Å². The number of nitrogens with zero attached hydrogens (tertiary/aromatic N) is 1. The highest BCUT2D eigenvalue weighted by Gasteiger charge is 2.26. The van der Waals surface area contributed by atoms with E-state index in [-0.39, 0.29) is 38.7 Å². The molecule has 1 aromatic carbocycles. The molecule has 0 spiro atoms. The smallest absolute Gasteiger partial charge is 0.356 e. The van der Waals surface area contributed by atoms with E-state index in [1.54, 1.807) is 0 Å². The highest BCUT2D eigenvalue weighted by molar-refractivity contribution is 6.36. The van der Waals surface area contributed by atoms with E-state index in [2.05, 4.69) is 4.98 Å². The third-order valence-corrected chi connectivity index (χ3v) is 4.18. The number of halogens is 3.